The highest BCUT2D eigenvalue weighted by Gasteiger charge is 2.20. The number of hydrogen-bond donors (Lipinski definition) is 4. The summed E-state index contributed by atoms with van der Waals surface area (Å²) in [7, 11) is 4.03. The van der Waals surface area contributed by atoms with Crippen molar-refractivity contribution < 1.29 is 4.79 Å². The molecule has 1 amide bonds. The van der Waals surface area contributed by atoms with E-state index in [1.165, 1.54) is 12.3 Å². The third-order valence-corrected chi connectivity index (χ3v) is 4.65. The Morgan fingerprint density at radius 3 is 2.73 bits per heavy atom. The van der Waals surface area contributed by atoms with Crippen LogP contribution in [0, 0.1) is 0 Å². The molecule has 0 aliphatic carbocycles. The van der Waals surface area contributed by atoms with E-state index in [0.29, 0.717) is 11.3 Å². The third-order valence-electron chi connectivity index (χ3n) is 4.65. The number of aromatic amines is 1. The molecule has 1 aliphatic rings. The van der Waals surface area contributed by atoms with Gasteiger partial charge >= 0.3 is 0 Å². The van der Waals surface area contributed by atoms with E-state index >= 15 is 0 Å². The zero-order valence-corrected chi connectivity index (χ0v) is 16.7. The Labute approximate surface area is 173 Å². The van der Waals surface area contributed by atoms with Crippen molar-refractivity contribution in [1.29, 1.82) is 0 Å². The number of nitrogens with one attached hydrogen (secondary N) is 4. The largest absolute Gasteiger partial charge is 0.327 e. The van der Waals surface area contributed by atoms with Gasteiger partial charge in [-0.3, -0.25) is 14.6 Å². The van der Waals surface area contributed by atoms with Crippen LogP contribution in [0.25, 0.3) is 16.7 Å². The number of amides is 1. The Balaban J connectivity index is 1.64. The molecule has 30 heavy (non-hydrogen) atoms. The molecule has 8 nitrogen and oxygen atoms in total. The molecule has 0 unspecified atom stereocenters. The highest BCUT2D eigenvalue weighted by molar-refractivity contribution is 6.26. The highest BCUT2D eigenvalue weighted by Crippen LogP contribution is 2.32. The average Bonchev–Trinajstić information content (AvgIpc) is 2.74. The SMILES string of the molecule is CN(C)Cc1cncc(-c2ccc3c(c2)C(C(=O)Nc2ccc(=O)[nH]c2)=CNN3)c1. The number of carbonyl (C=O) groups is 1. The van der Waals surface area contributed by atoms with Gasteiger partial charge in [-0.05, 0) is 49.5 Å². The van der Waals surface area contributed by atoms with Gasteiger partial charge in [-0.1, -0.05) is 6.07 Å². The maximum atomic E-state index is 12.9. The lowest BCUT2D eigenvalue weighted by atomic mass is 9.96. The molecule has 0 saturated heterocycles. The van der Waals surface area contributed by atoms with Crippen molar-refractivity contribution in [2.45, 2.75) is 6.54 Å². The van der Waals surface area contributed by atoms with Crippen LogP contribution in [0.2, 0.25) is 0 Å². The first-order valence-electron chi connectivity index (χ1n) is 9.45. The molecule has 3 aromatic rings. The van der Waals surface area contributed by atoms with E-state index in [1.807, 2.05) is 44.7 Å². The minimum atomic E-state index is -0.283. The smallest absolute Gasteiger partial charge is 0.257 e. The number of fused-ring (bicyclic) bond motifs is 1. The number of hydrazine groups is 1. The number of pyridine rings is 2. The number of benzene rings is 1. The van der Waals surface area contributed by atoms with Crippen LogP contribution in [-0.4, -0.2) is 34.9 Å². The Morgan fingerprint density at radius 1 is 1.10 bits per heavy atom. The molecule has 0 spiro atoms. The van der Waals surface area contributed by atoms with Crippen molar-refractivity contribution in [3.8, 4) is 11.1 Å². The van der Waals surface area contributed by atoms with Crippen LogP contribution < -0.4 is 21.7 Å². The summed E-state index contributed by atoms with van der Waals surface area (Å²) < 4.78 is 0. The van der Waals surface area contributed by atoms with E-state index < -0.39 is 0 Å². The monoisotopic (exact) mass is 402 g/mol. The molecular formula is C22H22N6O2. The number of nitrogens with zero attached hydrogens (tertiary/aromatic N) is 2. The third kappa shape index (κ3) is 4.23. The minimum Gasteiger partial charge on any atom is -0.327 e. The van der Waals surface area contributed by atoms with Gasteiger partial charge in [0, 0.05) is 48.5 Å². The van der Waals surface area contributed by atoms with Gasteiger partial charge in [0.05, 0.1) is 16.9 Å². The Kier molecular flexibility index (Phi) is 5.32. The van der Waals surface area contributed by atoms with Crippen LogP contribution in [-0.2, 0) is 11.3 Å². The number of carbonyl (C=O) groups excluding carboxylic acids is 1. The maximum absolute atomic E-state index is 12.9. The van der Waals surface area contributed by atoms with Gasteiger partial charge in [0.1, 0.15) is 0 Å². The topological polar surface area (TPSA) is 102 Å². The van der Waals surface area contributed by atoms with Gasteiger partial charge in [0.15, 0.2) is 0 Å². The molecule has 0 saturated carbocycles. The van der Waals surface area contributed by atoms with Gasteiger partial charge in [0.25, 0.3) is 5.91 Å². The molecule has 0 atom stereocenters. The van der Waals surface area contributed by atoms with Gasteiger partial charge in [0.2, 0.25) is 5.56 Å². The van der Waals surface area contributed by atoms with E-state index in [0.717, 1.165) is 34.5 Å². The Hall–Kier alpha value is -3.91. The average molecular weight is 402 g/mol. The fourth-order valence-electron chi connectivity index (χ4n) is 3.29. The lowest BCUT2D eigenvalue weighted by molar-refractivity contribution is -0.111. The van der Waals surface area contributed by atoms with Crippen LogP contribution in [0.3, 0.4) is 0 Å². The molecule has 152 valence electrons. The van der Waals surface area contributed by atoms with Crippen molar-refractivity contribution in [1.82, 2.24) is 20.3 Å². The van der Waals surface area contributed by atoms with E-state index in [-0.39, 0.29) is 11.5 Å². The Bertz CT molecular complexity index is 1160. The second-order valence-electron chi connectivity index (χ2n) is 7.30. The van der Waals surface area contributed by atoms with Crippen molar-refractivity contribution in [3.63, 3.8) is 0 Å². The number of H-pyrrole nitrogens is 1. The van der Waals surface area contributed by atoms with Crippen molar-refractivity contribution in [2.75, 3.05) is 24.8 Å². The van der Waals surface area contributed by atoms with Gasteiger partial charge < -0.3 is 26.1 Å². The summed E-state index contributed by atoms with van der Waals surface area (Å²) in [6.45, 7) is 0.796. The summed E-state index contributed by atoms with van der Waals surface area (Å²) in [6.07, 6.45) is 6.76. The number of aromatic nitrogens is 2. The van der Waals surface area contributed by atoms with Crippen molar-refractivity contribution >= 4 is 22.9 Å². The first kappa shape index (κ1) is 19.4. The maximum Gasteiger partial charge on any atom is 0.257 e. The zero-order valence-electron chi connectivity index (χ0n) is 16.7. The molecular weight excluding hydrogens is 380 g/mol. The first-order chi connectivity index (χ1) is 14.5. The fourth-order valence-corrected chi connectivity index (χ4v) is 3.29. The summed E-state index contributed by atoms with van der Waals surface area (Å²) in [4.78, 5) is 33.1. The fraction of sp³-hybridized carbons (Fsp3) is 0.136. The molecule has 0 bridgehead atoms. The number of rotatable bonds is 5. The molecule has 1 aromatic carbocycles. The van der Waals surface area contributed by atoms with Gasteiger partial charge in [-0.2, -0.15) is 0 Å². The van der Waals surface area contributed by atoms with E-state index in [9.17, 15) is 9.59 Å². The summed E-state index contributed by atoms with van der Waals surface area (Å²) in [5, 5.41) is 2.81. The van der Waals surface area contributed by atoms with Crippen LogP contribution in [0.4, 0.5) is 11.4 Å². The molecule has 0 fully saturated rings. The number of anilines is 2. The van der Waals surface area contributed by atoms with Crippen LogP contribution in [0.15, 0.2) is 66.0 Å². The first-order valence-corrected chi connectivity index (χ1v) is 9.45. The molecule has 0 radical (unpaired) electrons. The normalized spacial score (nSPS) is 12.4. The molecule has 8 heteroatoms. The van der Waals surface area contributed by atoms with Crippen LogP contribution >= 0.6 is 0 Å². The summed E-state index contributed by atoms with van der Waals surface area (Å²) >= 11 is 0. The highest BCUT2D eigenvalue weighted by atomic mass is 16.1. The summed E-state index contributed by atoms with van der Waals surface area (Å²) in [5.41, 5.74) is 11.4. The second-order valence-corrected chi connectivity index (χ2v) is 7.30. The lowest BCUT2D eigenvalue weighted by Crippen LogP contribution is -2.25. The van der Waals surface area contributed by atoms with Gasteiger partial charge in [-0.15, -0.1) is 0 Å². The quantitative estimate of drug-likeness (QED) is 0.523. The molecule has 4 N–H and O–H groups in total. The predicted molar refractivity (Wildman–Crippen MR) is 117 cm³/mol. The summed E-state index contributed by atoms with van der Waals surface area (Å²) in [6, 6.07) is 10.9. The van der Waals surface area contributed by atoms with E-state index in [2.05, 4.69) is 37.1 Å². The van der Waals surface area contributed by atoms with Gasteiger partial charge in [-0.25, -0.2) is 0 Å². The van der Waals surface area contributed by atoms with Crippen molar-refractivity contribution in [2.24, 2.45) is 0 Å². The minimum absolute atomic E-state index is 0.226. The predicted octanol–water partition coefficient (Wildman–Crippen LogP) is 2.41. The lowest BCUT2D eigenvalue weighted by Gasteiger charge is -2.21. The molecule has 3 heterocycles. The van der Waals surface area contributed by atoms with Crippen LogP contribution in [0.5, 0.6) is 0 Å². The van der Waals surface area contributed by atoms with E-state index in [4.69, 9.17) is 0 Å². The van der Waals surface area contributed by atoms with Crippen molar-refractivity contribution in [3.05, 3.63) is 82.7 Å². The molecule has 2 aromatic heterocycles. The van der Waals surface area contributed by atoms with Crippen LogP contribution in [0.1, 0.15) is 11.1 Å². The standard InChI is InChI=1S/C22H22N6O2/c1-28(2)13-14-7-16(10-23-9-14)15-3-5-20-18(8-15)19(12-25-27-20)22(30)26-17-4-6-21(29)24-11-17/h3-12,25,27H,13H2,1-2H3,(H,24,29)(H,26,30). The second kappa shape index (κ2) is 8.22. The van der Waals surface area contributed by atoms with E-state index in [1.54, 1.807) is 12.3 Å². The molecule has 1 aliphatic heterocycles. The number of hydrogen-bond acceptors (Lipinski definition) is 6. The summed E-state index contributed by atoms with van der Waals surface area (Å²) in [5.74, 6) is -0.283. The Morgan fingerprint density at radius 2 is 1.97 bits per heavy atom. The zero-order chi connectivity index (χ0) is 21.1. The molecule has 4 rings (SSSR count).